The smallest absolute Gasteiger partial charge is 0.287 e. The monoisotopic (exact) mass is 438 g/mol. The van der Waals surface area contributed by atoms with Crippen molar-refractivity contribution >= 4 is 11.6 Å². The van der Waals surface area contributed by atoms with E-state index in [1.54, 1.807) is 0 Å². The second-order valence-corrected chi connectivity index (χ2v) is 6.69. The van der Waals surface area contributed by atoms with Gasteiger partial charge < -0.3 is 0 Å². The molecule has 0 spiro atoms. The zero-order valence-corrected chi connectivity index (χ0v) is 15.5. The molecule has 0 saturated heterocycles. The Hall–Kier alpha value is -2.78. The van der Waals surface area contributed by atoms with Gasteiger partial charge in [-0.1, -0.05) is 59.7 Å². The van der Waals surface area contributed by atoms with Crippen LogP contribution in [0, 0.1) is 13.8 Å². The molecule has 2 rings (SSSR count). The van der Waals surface area contributed by atoms with Gasteiger partial charge >= 0.3 is 23.7 Å². The Morgan fingerprint density at radius 1 is 0.533 bits per heavy atom. The van der Waals surface area contributed by atoms with E-state index in [-0.39, 0.29) is 0 Å². The third-order valence-electron chi connectivity index (χ3n) is 4.38. The molecule has 0 bridgehead atoms. The summed E-state index contributed by atoms with van der Waals surface area (Å²) in [6, 6.07) is 6.91. The summed E-state index contributed by atoms with van der Waals surface area (Å²) in [5.74, 6) is -31.8. The van der Waals surface area contributed by atoms with Crippen LogP contribution in [0.5, 0.6) is 0 Å². The van der Waals surface area contributed by atoms with E-state index in [1.807, 2.05) is 0 Å². The van der Waals surface area contributed by atoms with Gasteiger partial charge in [0, 0.05) is 11.1 Å². The molecule has 0 aliphatic rings. The van der Waals surface area contributed by atoms with Gasteiger partial charge in [-0.25, -0.2) is 0 Å². The van der Waals surface area contributed by atoms with Crippen molar-refractivity contribution in [3.8, 4) is 0 Å². The van der Waals surface area contributed by atoms with Gasteiger partial charge in [0.25, 0.3) is 0 Å². The molecule has 2 aromatic carbocycles. The maximum absolute atomic E-state index is 14.1. The quantitative estimate of drug-likeness (QED) is 0.398. The molecule has 30 heavy (non-hydrogen) atoms. The van der Waals surface area contributed by atoms with Gasteiger partial charge in [0.1, 0.15) is 0 Å². The molecule has 2 aromatic rings. The molecule has 0 N–H and O–H groups in total. The minimum absolute atomic E-state index is 0.433. The zero-order valence-electron chi connectivity index (χ0n) is 15.5. The number of carbonyl (C=O) groups excluding carboxylic acids is 2. The Kier molecular flexibility index (Phi) is 5.86. The van der Waals surface area contributed by atoms with Gasteiger partial charge in [-0.05, 0) is 13.8 Å². The van der Waals surface area contributed by atoms with E-state index in [4.69, 9.17) is 0 Å². The van der Waals surface area contributed by atoms with Gasteiger partial charge in [0.2, 0.25) is 11.6 Å². The number of carbonyl (C=O) groups is 2. The fourth-order valence-electron chi connectivity index (χ4n) is 2.45. The summed E-state index contributed by atoms with van der Waals surface area (Å²) in [7, 11) is 0. The molecule has 0 amide bonds. The summed E-state index contributed by atoms with van der Waals surface area (Å²) < 4.78 is 113. The topological polar surface area (TPSA) is 34.1 Å². The number of ketones is 2. The van der Waals surface area contributed by atoms with Crippen LogP contribution in [0.15, 0.2) is 48.5 Å². The third kappa shape index (κ3) is 3.59. The van der Waals surface area contributed by atoms with Crippen LogP contribution in [-0.4, -0.2) is 35.3 Å². The largest absolute Gasteiger partial charge is 0.386 e. The standard InChI is InChI=1S/C20H14F8O2/c1-11-3-7-13(8-4-11)15(29)17(21,22)19(25,26)20(27,28)18(23,24)16(30)14-9-5-12(2)6-10-14/h3-10H,1-2H3. The van der Waals surface area contributed by atoms with Crippen molar-refractivity contribution in [2.45, 2.75) is 37.5 Å². The van der Waals surface area contributed by atoms with Crippen molar-refractivity contribution in [2.75, 3.05) is 0 Å². The predicted octanol–water partition coefficient (Wildman–Crippen LogP) is 5.91. The normalized spacial score (nSPS) is 13.3. The van der Waals surface area contributed by atoms with Crippen molar-refractivity contribution in [1.82, 2.24) is 0 Å². The average Bonchev–Trinajstić information content (AvgIpc) is 2.67. The van der Waals surface area contributed by atoms with Crippen LogP contribution < -0.4 is 0 Å². The Morgan fingerprint density at radius 3 is 1.00 bits per heavy atom. The van der Waals surface area contributed by atoms with Crippen LogP contribution in [0.2, 0.25) is 0 Å². The molecule has 0 fully saturated rings. The maximum Gasteiger partial charge on any atom is 0.386 e. The lowest BCUT2D eigenvalue weighted by Crippen LogP contribution is -2.66. The minimum atomic E-state index is -6.88. The predicted molar refractivity (Wildman–Crippen MR) is 90.8 cm³/mol. The zero-order chi connectivity index (χ0) is 23.1. The molecular formula is C20H14F8O2. The molecular weight excluding hydrogens is 424 g/mol. The molecule has 162 valence electrons. The van der Waals surface area contributed by atoms with Crippen LogP contribution in [-0.2, 0) is 0 Å². The van der Waals surface area contributed by atoms with E-state index in [0.717, 1.165) is 24.3 Å². The number of aryl methyl sites for hydroxylation is 2. The summed E-state index contributed by atoms with van der Waals surface area (Å²) in [4.78, 5) is 23.6. The van der Waals surface area contributed by atoms with Crippen LogP contribution in [0.3, 0.4) is 0 Å². The molecule has 0 atom stereocenters. The molecule has 0 saturated carbocycles. The molecule has 0 aliphatic carbocycles. The highest BCUT2D eigenvalue weighted by Gasteiger charge is 2.84. The summed E-state index contributed by atoms with van der Waals surface area (Å²) in [6.45, 7) is 2.93. The lowest BCUT2D eigenvalue weighted by molar-refractivity contribution is -0.339. The van der Waals surface area contributed by atoms with E-state index in [0.29, 0.717) is 35.4 Å². The van der Waals surface area contributed by atoms with Gasteiger partial charge in [-0.3, -0.25) is 9.59 Å². The van der Waals surface area contributed by atoms with Crippen molar-refractivity contribution in [1.29, 1.82) is 0 Å². The highest BCUT2D eigenvalue weighted by Crippen LogP contribution is 2.54. The Balaban J connectivity index is 2.48. The Bertz CT molecular complexity index is 868. The lowest BCUT2D eigenvalue weighted by Gasteiger charge is -2.35. The van der Waals surface area contributed by atoms with E-state index in [9.17, 15) is 44.7 Å². The summed E-state index contributed by atoms with van der Waals surface area (Å²) in [6.07, 6.45) is 0. The van der Waals surface area contributed by atoms with Crippen LogP contribution in [0.4, 0.5) is 35.1 Å². The number of benzene rings is 2. The second kappa shape index (κ2) is 7.48. The highest BCUT2D eigenvalue weighted by atomic mass is 19.4. The SMILES string of the molecule is Cc1ccc(C(=O)C(F)(F)C(F)(F)C(F)(F)C(F)(F)C(=O)c2ccc(C)cc2)cc1. The molecule has 10 heteroatoms. The minimum Gasteiger partial charge on any atom is -0.287 e. The van der Waals surface area contributed by atoms with Gasteiger partial charge in [-0.15, -0.1) is 0 Å². The first-order chi connectivity index (χ1) is 13.6. The molecule has 0 unspecified atom stereocenters. The van der Waals surface area contributed by atoms with E-state index in [1.165, 1.54) is 13.8 Å². The second-order valence-electron chi connectivity index (χ2n) is 6.69. The number of rotatable bonds is 7. The summed E-state index contributed by atoms with van der Waals surface area (Å²) in [5, 5.41) is 0. The number of hydrogen-bond acceptors (Lipinski definition) is 2. The summed E-state index contributed by atoms with van der Waals surface area (Å²) in [5.41, 5.74) is -1.31. The van der Waals surface area contributed by atoms with Gasteiger partial charge in [-0.2, -0.15) is 35.1 Å². The van der Waals surface area contributed by atoms with Gasteiger partial charge in [0.05, 0.1) is 0 Å². The van der Waals surface area contributed by atoms with E-state index >= 15 is 0 Å². The van der Waals surface area contributed by atoms with Crippen molar-refractivity contribution in [2.24, 2.45) is 0 Å². The third-order valence-corrected chi connectivity index (χ3v) is 4.38. The van der Waals surface area contributed by atoms with Crippen LogP contribution >= 0.6 is 0 Å². The first-order valence-corrected chi connectivity index (χ1v) is 8.31. The van der Waals surface area contributed by atoms with Crippen LogP contribution in [0.1, 0.15) is 31.8 Å². The number of Topliss-reactive ketones (excluding diaryl/α,β-unsaturated/α-hetero) is 2. The highest BCUT2D eigenvalue weighted by molar-refractivity contribution is 6.04. The summed E-state index contributed by atoms with van der Waals surface area (Å²) >= 11 is 0. The number of alkyl halides is 8. The first-order valence-electron chi connectivity index (χ1n) is 8.31. The van der Waals surface area contributed by atoms with E-state index < -0.39 is 46.4 Å². The first kappa shape index (κ1) is 23.5. The maximum atomic E-state index is 14.1. The molecule has 2 nitrogen and oxygen atoms in total. The average molecular weight is 438 g/mol. The molecule has 0 aliphatic heterocycles. The fourth-order valence-corrected chi connectivity index (χ4v) is 2.45. The van der Waals surface area contributed by atoms with Crippen molar-refractivity contribution in [3.63, 3.8) is 0 Å². The van der Waals surface area contributed by atoms with Gasteiger partial charge in [0.15, 0.2) is 0 Å². The van der Waals surface area contributed by atoms with Crippen molar-refractivity contribution < 1.29 is 44.7 Å². The fraction of sp³-hybridized carbons (Fsp3) is 0.300. The molecule has 0 radical (unpaired) electrons. The van der Waals surface area contributed by atoms with Crippen molar-refractivity contribution in [3.05, 3.63) is 70.8 Å². The number of halogens is 8. The Morgan fingerprint density at radius 2 is 0.767 bits per heavy atom. The number of hydrogen-bond donors (Lipinski definition) is 0. The Labute approximate surface area is 165 Å². The lowest BCUT2D eigenvalue weighted by atomic mass is 9.89. The van der Waals surface area contributed by atoms with E-state index in [2.05, 4.69) is 0 Å². The van der Waals surface area contributed by atoms with Crippen LogP contribution in [0.25, 0.3) is 0 Å². The molecule has 0 aromatic heterocycles. The molecule has 0 heterocycles.